The first-order valence-electron chi connectivity index (χ1n) is 6.37. The molecule has 3 rings (SSSR count). The summed E-state index contributed by atoms with van der Waals surface area (Å²) in [4.78, 5) is 20.6. The van der Waals surface area contributed by atoms with E-state index in [9.17, 15) is 4.79 Å². The van der Waals surface area contributed by atoms with Crippen LogP contribution in [0, 0.1) is 0 Å². The number of nitrogens with zero attached hydrogens (tertiary/aromatic N) is 2. The summed E-state index contributed by atoms with van der Waals surface area (Å²) in [6, 6.07) is 14.4. The zero-order chi connectivity index (χ0) is 14.7. The van der Waals surface area contributed by atoms with Crippen molar-refractivity contribution >= 4 is 28.3 Å². The third-order valence-corrected chi connectivity index (χ3v) is 3.01. The molecule has 0 atom stereocenters. The fraction of sp³-hybridized carbons (Fsp3) is 0. The first kappa shape index (κ1) is 13.0. The first-order chi connectivity index (χ1) is 10.3. The molecule has 3 aromatic rings. The molecule has 0 aliphatic heterocycles. The maximum atomic E-state index is 12.3. The largest absolute Gasteiger partial charge is 0.319 e. The van der Waals surface area contributed by atoms with E-state index in [2.05, 4.69) is 20.7 Å². The minimum atomic E-state index is -0.315. The van der Waals surface area contributed by atoms with E-state index in [0.717, 1.165) is 10.9 Å². The molecule has 1 aromatic carbocycles. The highest BCUT2D eigenvalue weighted by Crippen LogP contribution is 2.21. The smallest absolute Gasteiger partial charge is 0.274 e. The van der Waals surface area contributed by atoms with Crippen LogP contribution < -0.4 is 16.6 Å². The van der Waals surface area contributed by atoms with Crippen molar-refractivity contribution in [3.63, 3.8) is 0 Å². The lowest BCUT2D eigenvalue weighted by Gasteiger charge is -2.08. The molecule has 0 fully saturated rings. The molecule has 0 saturated carbocycles. The summed E-state index contributed by atoms with van der Waals surface area (Å²) in [7, 11) is 0. The van der Waals surface area contributed by atoms with Gasteiger partial charge in [-0.25, -0.2) is 10.8 Å². The Kier molecular flexibility index (Phi) is 3.44. The molecule has 104 valence electrons. The van der Waals surface area contributed by atoms with Crippen molar-refractivity contribution in [2.75, 3.05) is 10.7 Å². The predicted octanol–water partition coefficient (Wildman–Crippen LogP) is 2.17. The first-order valence-corrected chi connectivity index (χ1v) is 6.37. The van der Waals surface area contributed by atoms with E-state index in [1.807, 2.05) is 24.3 Å². The number of nitrogens with one attached hydrogen (secondary N) is 2. The van der Waals surface area contributed by atoms with Crippen molar-refractivity contribution in [3.8, 4) is 0 Å². The van der Waals surface area contributed by atoms with Gasteiger partial charge in [0.25, 0.3) is 5.91 Å². The van der Waals surface area contributed by atoms with E-state index in [1.165, 1.54) is 0 Å². The molecule has 2 heterocycles. The highest BCUT2D eigenvalue weighted by molar-refractivity contribution is 6.07. The van der Waals surface area contributed by atoms with Crippen molar-refractivity contribution in [1.29, 1.82) is 0 Å². The van der Waals surface area contributed by atoms with Gasteiger partial charge in [-0.1, -0.05) is 24.3 Å². The molecule has 0 aliphatic rings. The number of aromatic nitrogens is 2. The Morgan fingerprint density at radius 1 is 1.05 bits per heavy atom. The number of pyridine rings is 2. The number of carbonyl (C=O) groups is 1. The maximum absolute atomic E-state index is 12.3. The number of nitrogen functional groups attached to an aromatic ring is 1. The van der Waals surface area contributed by atoms with Gasteiger partial charge in [0, 0.05) is 11.6 Å². The van der Waals surface area contributed by atoms with Crippen LogP contribution >= 0.6 is 0 Å². The van der Waals surface area contributed by atoms with Crippen LogP contribution in [0.4, 0.5) is 11.5 Å². The summed E-state index contributed by atoms with van der Waals surface area (Å²) in [6.45, 7) is 0. The maximum Gasteiger partial charge on any atom is 0.274 e. The average molecular weight is 279 g/mol. The van der Waals surface area contributed by atoms with Crippen LogP contribution in [-0.4, -0.2) is 15.9 Å². The van der Waals surface area contributed by atoms with Crippen molar-refractivity contribution in [2.24, 2.45) is 5.84 Å². The van der Waals surface area contributed by atoms with Gasteiger partial charge in [0.1, 0.15) is 11.5 Å². The normalized spacial score (nSPS) is 10.3. The number of hydrazine groups is 1. The third-order valence-electron chi connectivity index (χ3n) is 3.01. The van der Waals surface area contributed by atoms with Gasteiger partial charge in [-0.05, 0) is 24.3 Å². The molecule has 4 N–H and O–H groups in total. The van der Waals surface area contributed by atoms with Crippen LogP contribution in [0.2, 0.25) is 0 Å². The number of hydrogen-bond acceptors (Lipinski definition) is 5. The predicted molar refractivity (Wildman–Crippen MR) is 81.7 cm³/mol. The number of anilines is 2. The van der Waals surface area contributed by atoms with Crippen LogP contribution in [-0.2, 0) is 0 Å². The van der Waals surface area contributed by atoms with Crippen molar-refractivity contribution < 1.29 is 4.79 Å². The summed E-state index contributed by atoms with van der Waals surface area (Å²) in [6.07, 6.45) is 1.69. The van der Waals surface area contributed by atoms with Gasteiger partial charge < -0.3 is 10.7 Å². The molecule has 0 aliphatic carbocycles. The number of benzene rings is 1. The van der Waals surface area contributed by atoms with Gasteiger partial charge >= 0.3 is 0 Å². The van der Waals surface area contributed by atoms with E-state index in [0.29, 0.717) is 11.5 Å². The summed E-state index contributed by atoms with van der Waals surface area (Å²) in [5.74, 6) is 5.41. The van der Waals surface area contributed by atoms with Crippen molar-refractivity contribution in [2.45, 2.75) is 0 Å². The molecule has 0 saturated heterocycles. The topological polar surface area (TPSA) is 92.9 Å². The lowest BCUT2D eigenvalue weighted by Crippen LogP contribution is -2.16. The lowest BCUT2D eigenvalue weighted by atomic mass is 10.2. The minimum absolute atomic E-state index is 0.276. The lowest BCUT2D eigenvalue weighted by molar-refractivity contribution is 0.102. The fourth-order valence-corrected chi connectivity index (χ4v) is 2.03. The number of rotatable bonds is 3. The summed E-state index contributed by atoms with van der Waals surface area (Å²) in [5.41, 5.74) is 4.07. The van der Waals surface area contributed by atoms with E-state index in [1.54, 1.807) is 30.5 Å². The van der Waals surface area contributed by atoms with Crippen LogP contribution in [0.5, 0.6) is 0 Å². The Labute approximate surface area is 121 Å². The quantitative estimate of drug-likeness (QED) is 0.504. The van der Waals surface area contributed by atoms with E-state index < -0.39 is 0 Å². The molecule has 0 radical (unpaired) electrons. The highest BCUT2D eigenvalue weighted by atomic mass is 16.1. The van der Waals surface area contributed by atoms with Gasteiger partial charge in [0.2, 0.25) is 0 Å². The zero-order valence-corrected chi connectivity index (χ0v) is 11.1. The summed E-state index contributed by atoms with van der Waals surface area (Å²) < 4.78 is 0. The standard InChI is InChI=1S/C15H13N5O/c16-20-13-8-2-7-12(18-13)15(21)19-11-6-1-4-10-5-3-9-17-14(10)11/h1-9H,16H2,(H,18,20)(H,19,21). The van der Waals surface area contributed by atoms with Crippen LogP contribution in [0.15, 0.2) is 54.7 Å². The average Bonchev–Trinajstić information content (AvgIpc) is 2.55. The Bertz CT molecular complexity index is 797. The monoisotopic (exact) mass is 279 g/mol. The molecule has 0 bridgehead atoms. The molecule has 0 spiro atoms. The second-order valence-corrected chi connectivity index (χ2v) is 4.39. The fourth-order valence-electron chi connectivity index (χ4n) is 2.03. The molecule has 2 aromatic heterocycles. The third kappa shape index (κ3) is 2.65. The van der Waals surface area contributed by atoms with Crippen molar-refractivity contribution in [3.05, 3.63) is 60.4 Å². The van der Waals surface area contributed by atoms with E-state index in [4.69, 9.17) is 5.84 Å². The molecule has 21 heavy (non-hydrogen) atoms. The molecule has 0 unspecified atom stereocenters. The van der Waals surface area contributed by atoms with Crippen LogP contribution in [0.25, 0.3) is 10.9 Å². The van der Waals surface area contributed by atoms with Gasteiger partial charge in [0.15, 0.2) is 0 Å². The summed E-state index contributed by atoms with van der Waals surface area (Å²) in [5, 5.41) is 3.78. The molecular weight excluding hydrogens is 266 g/mol. The Balaban J connectivity index is 1.93. The van der Waals surface area contributed by atoms with Gasteiger partial charge in [0.05, 0.1) is 11.2 Å². The Hall–Kier alpha value is -2.99. The number of para-hydroxylation sites is 1. The van der Waals surface area contributed by atoms with Crippen LogP contribution in [0.3, 0.4) is 0 Å². The Morgan fingerprint density at radius 2 is 1.86 bits per heavy atom. The van der Waals surface area contributed by atoms with E-state index in [-0.39, 0.29) is 11.6 Å². The number of fused-ring (bicyclic) bond motifs is 1. The van der Waals surface area contributed by atoms with E-state index >= 15 is 0 Å². The second kappa shape index (κ2) is 5.56. The van der Waals surface area contributed by atoms with Crippen molar-refractivity contribution in [1.82, 2.24) is 9.97 Å². The molecule has 1 amide bonds. The van der Waals surface area contributed by atoms with Gasteiger partial charge in [-0.3, -0.25) is 9.78 Å². The Morgan fingerprint density at radius 3 is 2.71 bits per heavy atom. The summed E-state index contributed by atoms with van der Waals surface area (Å²) >= 11 is 0. The minimum Gasteiger partial charge on any atom is -0.319 e. The second-order valence-electron chi connectivity index (χ2n) is 4.39. The number of amides is 1. The highest BCUT2D eigenvalue weighted by Gasteiger charge is 2.10. The van der Waals surface area contributed by atoms with Gasteiger partial charge in [-0.2, -0.15) is 0 Å². The SMILES string of the molecule is NNc1cccc(C(=O)Nc2cccc3cccnc23)n1. The van der Waals surface area contributed by atoms with Gasteiger partial charge in [-0.15, -0.1) is 0 Å². The molecule has 6 nitrogen and oxygen atoms in total. The zero-order valence-electron chi connectivity index (χ0n) is 11.1. The molecular formula is C15H13N5O. The number of hydrogen-bond donors (Lipinski definition) is 3. The van der Waals surface area contributed by atoms with Crippen LogP contribution in [0.1, 0.15) is 10.5 Å². The number of nitrogens with two attached hydrogens (primary N) is 1. The molecule has 6 heteroatoms. The number of carbonyl (C=O) groups excluding carboxylic acids is 1.